The molecule has 1 aliphatic rings. The third-order valence-electron chi connectivity index (χ3n) is 3.78. The number of hydrogen-bond acceptors (Lipinski definition) is 5. The maximum Gasteiger partial charge on any atom is 0.410 e. The van der Waals surface area contributed by atoms with Gasteiger partial charge < -0.3 is 15.0 Å². The Labute approximate surface area is 132 Å². The Morgan fingerprint density at radius 1 is 1.50 bits per heavy atom. The monoisotopic (exact) mass is 309 g/mol. The van der Waals surface area contributed by atoms with Crippen molar-refractivity contribution in [2.75, 3.05) is 19.6 Å². The van der Waals surface area contributed by atoms with E-state index in [1.54, 1.807) is 10.9 Å². The molecule has 0 aromatic carbocycles. The molecule has 2 heterocycles. The lowest BCUT2D eigenvalue weighted by Crippen LogP contribution is -2.35. The molecule has 1 aromatic heterocycles. The first-order valence-corrected chi connectivity index (χ1v) is 7.87. The van der Waals surface area contributed by atoms with Gasteiger partial charge in [-0.25, -0.2) is 4.79 Å². The molecule has 1 aromatic rings. The predicted octanol–water partition coefficient (Wildman–Crippen LogP) is 1.55. The number of aromatic nitrogens is 3. The molecule has 1 saturated heterocycles. The van der Waals surface area contributed by atoms with Crippen LogP contribution in [0.2, 0.25) is 0 Å². The van der Waals surface area contributed by atoms with Crippen LogP contribution in [0.1, 0.15) is 39.3 Å². The van der Waals surface area contributed by atoms with E-state index in [0.29, 0.717) is 5.92 Å². The zero-order valence-corrected chi connectivity index (χ0v) is 14.0. The van der Waals surface area contributed by atoms with Gasteiger partial charge in [0.25, 0.3) is 0 Å². The van der Waals surface area contributed by atoms with Crippen LogP contribution in [0.3, 0.4) is 0 Å². The van der Waals surface area contributed by atoms with E-state index in [0.717, 1.165) is 44.7 Å². The minimum atomic E-state index is -0.423. The van der Waals surface area contributed by atoms with Gasteiger partial charge in [0.2, 0.25) is 0 Å². The molecule has 1 atom stereocenters. The average Bonchev–Trinajstić information content (AvgIpc) is 3.02. The number of carbonyl (C=O) groups is 1. The van der Waals surface area contributed by atoms with Crippen LogP contribution in [-0.4, -0.2) is 51.2 Å². The van der Waals surface area contributed by atoms with E-state index in [1.807, 2.05) is 32.7 Å². The first-order chi connectivity index (χ1) is 10.3. The van der Waals surface area contributed by atoms with Gasteiger partial charge in [-0.3, -0.25) is 4.68 Å². The normalized spacial score (nSPS) is 18.7. The maximum atomic E-state index is 12.0. The number of hydrogen-bond donors (Lipinski definition) is 1. The Bertz CT molecular complexity index is 494. The van der Waals surface area contributed by atoms with Gasteiger partial charge in [-0.1, -0.05) is 5.21 Å². The first kappa shape index (κ1) is 16.7. The number of aryl methyl sites for hydroxylation is 1. The highest BCUT2D eigenvalue weighted by Gasteiger charge is 2.29. The van der Waals surface area contributed by atoms with Gasteiger partial charge in [0.15, 0.2) is 0 Å². The highest BCUT2D eigenvalue weighted by Crippen LogP contribution is 2.21. The van der Waals surface area contributed by atoms with Crippen LogP contribution in [0, 0.1) is 5.92 Å². The molecule has 124 valence electrons. The molecule has 1 fully saturated rings. The molecule has 7 heteroatoms. The van der Waals surface area contributed by atoms with Crippen LogP contribution in [0.25, 0.3) is 0 Å². The zero-order chi connectivity index (χ0) is 16.2. The third-order valence-corrected chi connectivity index (χ3v) is 3.78. The number of nitrogens with zero attached hydrogens (tertiary/aromatic N) is 4. The quantitative estimate of drug-likeness (QED) is 0.836. The van der Waals surface area contributed by atoms with Crippen molar-refractivity contribution in [3.8, 4) is 0 Å². The van der Waals surface area contributed by atoms with Crippen molar-refractivity contribution in [1.29, 1.82) is 0 Å². The fourth-order valence-corrected chi connectivity index (χ4v) is 2.55. The number of ether oxygens (including phenoxy) is 1. The minimum absolute atomic E-state index is 0.191. The van der Waals surface area contributed by atoms with Crippen molar-refractivity contribution in [3.63, 3.8) is 0 Å². The van der Waals surface area contributed by atoms with Crippen molar-refractivity contribution in [2.45, 2.75) is 45.8 Å². The van der Waals surface area contributed by atoms with Crippen molar-refractivity contribution < 1.29 is 9.53 Å². The highest BCUT2D eigenvalue weighted by atomic mass is 16.6. The van der Waals surface area contributed by atoms with Gasteiger partial charge in [-0.2, -0.15) is 0 Å². The van der Waals surface area contributed by atoms with E-state index in [2.05, 4.69) is 15.6 Å². The predicted molar refractivity (Wildman–Crippen MR) is 83.2 cm³/mol. The van der Waals surface area contributed by atoms with E-state index in [-0.39, 0.29) is 6.09 Å². The summed E-state index contributed by atoms with van der Waals surface area (Å²) in [7, 11) is 1.89. The second-order valence-corrected chi connectivity index (χ2v) is 6.90. The van der Waals surface area contributed by atoms with Crippen molar-refractivity contribution in [2.24, 2.45) is 13.0 Å². The van der Waals surface area contributed by atoms with Crippen LogP contribution in [-0.2, 0) is 18.3 Å². The molecular weight excluding hydrogens is 282 g/mol. The molecule has 0 saturated carbocycles. The van der Waals surface area contributed by atoms with Gasteiger partial charge in [-0.15, -0.1) is 5.10 Å². The SMILES string of the molecule is Cn1nncc1CNCCC1CCN(C(=O)OC(C)(C)C)C1. The molecular formula is C15H27N5O2. The minimum Gasteiger partial charge on any atom is -0.444 e. The van der Waals surface area contributed by atoms with Gasteiger partial charge in [-0.05, 0) is 46.1 Å². The lowest BCUT2D eigenvalue weighted by Gasteiger charge is -2.24. The van der Waals surface area contributed by atoms with Gasteiger partial charge in [0, 0.05) is 26.7 Å². The lowest BCUT2D eigenvalue weighted by atomic mass is 10.1. The number of carbonyl (C=O) groups excluding carboxylic acids is 1. The summed E-state index contributed by atoms with van der Waals surface area (Å²) >= 11 is 0. The smallest absolute Gasteiger partial charge is 0.410 e. The summed E-state index contributed by atoms with van der Waals surface area (Å²) in [6, 6.07) is 0. The van der Waals surface area contributed by atoms with Gasteiger partial charge in [0.05, 0.1) is 11.9 Å². The van der Waals surface area contributed by atoms with E-state index >= 15 is 0 Å². The second-order valence-electron chi connectivity index (χ2n) is 6.90. The second kappa shape index (κ2) is 7.09. The molecule has 1 aliphatic heterocycles. The number of nitrogens with one attached hydrogen (secondary N) is 1. The average molecular weight is 309 g/mol. The van der Waals surface area contributed by atoms with E-state index in [1.165, 1.54) is 0 Å². The van der Waals surface area contributed by atoms with Crippen LogP contribution in [0.4, 0.5) is 4.79 Å². The fourth-order valence-electron chi connectivity index (χ4n) is 2.55. The first-order valence-electron chi connectivity index (χ1n) is 7.87. The molecule has 0 spiro atoms. The van der Waals surface area contributed by atoms with Crippen molar-refractivity contribution in [3.05, 3.63) is 11.9 Å². The van der Waals surface area contributed by atoms with E-state index in [4.69, 9.17) is 4.74 Å². The number of amides is 1. The fraction of sp³-hybridized carbons (Fsp3) is 0.800. The van der Waals surface area contributed by atoms with Gasteiger partial charge >= 0.3 is 6.09 Å². The van der Waals surface area contributed by atoms with Crippen LogP contribution < -0.4 is 5.32 Å². The Hall–Kier alpha value is -1.63. The van der Waals surface area contributed by atoms with E-state index in [9.17, 15) is 4.79 Å². The molecule has 0 radical (unpaired) electrons. The van der Waals surface area contributed by atoms with Crippen LogP contribution in [0.5, 0.6) is 0 Å². The summed E-state index contributed by atoms with van der Waals surface area (Å²) in [4.78, 5) is 13.8. The van der Waals surface area contributed by atoms with E-state index < -0.39 is 5.60 Å². The Balaban J connectivity index is 1.64. The van der Waals surface area contributed by atoms with Crippen LogP contribution >= 0.6 is 0 Å². The maximum absolute atomic E-state index is 12.0. The molecule has 1 amide bonds. The van der Waals surface area contributed by atoms with Crippen LogP contribution in [0.15, 0.2) is 6.20 Å². The summed E-state index contributed by atoms with van der Waals surface area (Å²) in [5.74, 6) is 0.546. The molecule has 7 nitrogen and oxygen atoms in total. The summed E-state index contributed by atoms with van der Waals surface area (Å²) in [5.41, 5.74) is 0.648. The summed E-state index contributed by atoms with van der Waals surface area (Å²) in [6.07, 6.45) is 3.69. The highest BCUT2D eigenvalue weighted by molar-refractivity contribution is 5.68. The largest absolute Gasteiger partial charge is 0.444 e. The van der Waals surface area contributed by atoms with Gasteiger partial charge in [0.1, 0.15) is 5.60 Å². The third kappa shape index (κ3) is 4.98. The Morgan fingerprint density at radius 3 is 2.91 bits per heavy atom. The molecule has 0 aliphatic carbocycles. The molecule has 22 heavy (non-hydrogen) atoms. The molecule has 0 bridgehead atoms. The molecule has 1 unspecified atom stereocenters. The Morgan fingerprint density at radius 2 is 2.27 bits per heavy atom. The molecule has 2 rings (SSSR count). The standard InChI is InChI=1S/C15H27N5O2/c1-15(2,3)22-14(21)20-8-6-12(11-20)5-7-16-9-13-10-17-18-19(13)4/h10,12,16H,5-9,11H2,1-4H3. The lowest BCUT2D eigenvalue weighted by molar-refractivity contribution is 0.0287. The van der Waals surface area contributed by atoms with Crippen molar-refractivity contribution >= 4 is 6.09 Å². The Kier molecular flexibility index (Phi) is 5.39. The number of likely N-dealkylation sites (tertiary alicyclic amines) is 1. The summed E-state index contributed by atoms with van der Waals surface area (Å²) in [6.45, 7) is 8.99. The summed E-state index contributed by atoms with van der Waals surface area (Å²) < 4.78 is 7.18. The zero-order valence-electron chi connectivity index (χ0n) is 14.0. The topological polar surface area (TPSA) is 72.3 Å². The number of rotatable bonds is 5. The summed E-state index contributed by atoms with van der Waals surface area (Å²) in [5, 5.41) is 11.2. The van der Waals surface area contributed by atoms with Crippen molar-refractivity contribution in [1.82, 2.24) is 25.2 Å². The molecule has 1 N–H and O–H groups in total.